The molecule has 0 fully saturated rings. The molecule has 1 aromatic carbocycles. The van der Waals surface area contributed by atoms with Crippen molar-refractivity contribution in [1.82, 2.24) is 9.47 Å². The Balaban J connectivity index is 2.15. The fraction of sp³-hybridized carbons (Fsp3) is 0.333. The Hall–Kier alpha value is -3.04. The van der Waals surface area contributed by atoms with E-state index in [1.54, 1.807) is 4.57 Å². The quantitative estimate of drug-likeness (QED) is 0.880. The van der Waals surface area contributed by atoms with Crippen molar-refractivity contribution in [3.63, 3.8) is 0 Å². The van der Waals surface area contributed by atoms with E-state index in [1.165, 1.54) is 0 Å². The minimum absolute atomic E-state index is 0.0583. The molecule has 0 saturated carbocycles. The van der Waals surface area contributed by atoms with E-state index in [0.717, 1.165) is 24.2 Å². The molecule has 1 unspecified atom stereocenters. The number of hydrogen-bond acceptors (Lipinski definition) is 5. The second-order valence-corrected chi connectivity index (χ2v) is 7.01. The molecular weight excluding hydrogens is 340 g/mol. The smallest absolute Gasteiger partial charge is 0.258 e. The van der Waals surface area contributed by atoms with Gasteiger partial charge in [-0.2, -0.15) is 5.26 Å². The topological polar surface area (TPSA) is 84.3 Å². The first-order chi connectivity index (χ1) is 12.9. The summed E-state index contributed by atoms with van der Waals surface area (Å²) < 4.78 is 7.42. The van der Waals surface area contributed by atoms with Crippen molar-refractivity contribution in [3.05, 3.63) is 75.0 Å². The van der Waals surface area contributed by atoms with Crippen LogP contribution in [0.25, 0.3) is 0 Å². The standard InChI is InChI=1S/C21H24N4O2/c1-14-12-17-19(21(26)25(14)11-7-10-24(2)3)18(15-8-5-4-6-9-15)16(13-22)20(23)27-17/h4-6,8-9,12,18H,7,10-11,23H2,1-3H3. The highest BCUT2D eigenvalue weighted by Gasteiger charge is 2.34. The second kappa shape index (κ2) is 7.68. The van der Waals surface area contributed by atoms with Gasteiger partial charge in [0, 0.05) is 18.3 Å². The molecule has 2 N–H and O–H groups in total. The Bertz CT molecular complexity index is 968. The molecule has 140 valence electrons. The molecule has 0 amide bonds. The third kappa shape index (κ3) is 3.60. The number of hydrogen-bond donors (Lipinski definition) is 1. The number of rotatable bonds is 5. The van der Waals surface area contributed by atoms with Crippen LogP contribution in [0.3, 0.4) is 0 Å². The highest BCUT2D eigenvalue weighted by Crippen LogP contribution is 2.40. The number of aromatic nitrogens is 1. The molecule has 27 heavy (non-hydrogen) atoms. The number of fused-ring (bicyclic) bond motifs is 1. The van der Waals surface area contributed by atoms with Gasteiger partial charge in [0.05, 0.1) is 11.5 Å². The van der Waals surface area contributed by atoms with E-state index < -0.39 is 5.92 Å². The van der Waals surface area contributed by atoms with Gasteiger partial charge in [0.2, 0.25) is 5.88 Å². The Morgan fingerprint density at radius 1 is 1.30 bits per heavy atom. The molecule has 6 nitrogen and oxygen atoms in total. The summed E-state index contributed by atoms with van der Waals surface area (Å²) in [6.07, 6.45) is 0.854. The van der Waals surface area contributed by atoms with E-state index >= 15 is 0 Å². The van der Waals surface area contributed by atoms with Crippen LogP contribution in [-0.2, 0) is 6.54 Å². The summed E-state index contributed by atoms with van der Waals surface area (Å²) in [5.74, 6) is -0.0251. The van der Waals surface area contributed by atoms with Crippen LogP contribution in [0.1, 0.15) is 29.2 Å². The van der Waals surface area contributed by atoms with Crippen molar-refractivity contribution in [1.29, 1.82) is 5.26 Å². The summed E-state index contributed by atoms with van der Waals surface area (Å²) in [7, 11) is 4.02. The number of ether oxygens (including phenoxy) is 1. The lowest BCUT2D eigenvalue weighted by Crippen LogP contribution is -2.33. The van der Waals surface area contributed by atoms with Gasteiger partial charge in [0.25, 0.3) is 5.56 Å². The summed E-state index contributed by atoms with van der Waals surface area (Å²) in [6, 6.07) is 13.5. The van der Waals surface area contributed by atoms with Crippen LogP contribution >= 0.6 is 0 Å². The van der Waals surface area contributed by atoms with Crippen molar-refractivity contribution in [2.75, 3.05) is 20.6 Å². The van der Waals surface area contributed by atoms with Crippen molar-refractivity contribution in [2.45, 2.75) is 25.8 Å². The lowest BCUT2D eigenvalue weighted by molar-refractivity contribution is 0.375. The van der Waals surface area contributed by atoms with Crippen LogP contribution in [0.4, 0.5) is 0 Å². The molecule has 1 aliphatic heterocycles. The molecule has 0 bridgehead atoms. The van der Waals surface area contributed by atoms with E-state index in [9.17, 15) is 10.1 Å². The lowest BCUT2D eigenvalue weighted by atomic mass is 9.84. The van der Waals surface area contributed by atoms with Gasteiger partial charge in [-0.15, -0.1) is 0 Å². The highest BCUT2D eigenvalue weighted by molar-refractivity contribution is 5.55. The van der Waals surface area contributed by atoms with Gasteiger partial charge in [-0.05, 0) is 39.5 Å². The summed E-state index contributed by atoms with van der Waals surface area (Å²) >= 11 is 0. The average molecular weight is 364 g/mol. The van der Waals surface area contributed by atoms with Crippen molar-refractivity contribution < 1.29 is 4.74 Å². The summed E-state index contributed by atoms with van der Waals surface area (Å²) in [6.45, 7) is 3.38. The van der Waals surface area contributed by atoms with Crippen molar-refractivity contribution in [3.8, 4) is 11.8 Å². The lowest BCUT2D eigenvalue weighted by Gasteiger charge is -2.27. The number of nitrogens with two attached hydrogens (primary N) is 1. The fourth-order valence-corrected chi connectivity index (χ4v) is 3.49. The zero-order valence-corrected chi connectivity index (χ0v) is 15.9. The van der Waals surface area contributed by atoms with E-state index in [4.69, 9.17) is 10.5 Å². The van der Waals surface area contributed by atoms with Crippen molar-refractivity contribution >= 4 is 0 Å². The minimum Gasteiger partial charge on any atom is -0.440 e. The Morgan fingerprint density at radius 3 is 2.63 bits per heavy atom. The van der Waals surface area contributed by atoms with Crippen LogP contribution in [0.2, 0.25) is 0 Å². The first-order valence-electron chi connectivity index (χ1n) is 8.95. The molecule has 1 aliphatic rings. The molecule has 0 radical (unpaired) electrons. The fourth-order valence-electron chi connectivity index (χ4n) is 3.49. The van der Waals surface area contributed by atoms with Gasteiger partial charge in [0.1, 0.15) is 17.4 Å². The van der Waals surface area contributed by atoms with Crippen LogP contribution in [0.15, 0.2) is 52.6 Å². The number of benzene rings is 1. The maximum Gasteiger partial charge on any atom is 0.258 e. The average Bonchev–Trinajstić information content (AvgIpc) is 2.63. The SMILES string of the molecule is Cc1cc2c(c(=O)n1CCCN(C)C)C(c1ccccc1)C(C#N)=C(N)O2. The number of nitriles is 1. The Kier molecular flexibility index (Phi) is 5.33. The third-order valence-corrected chi connectivity index (χ3v) is 4.81. The maximum absolute atomic E-state index is 13.4. The largest absolute Gasteiger partial charge is 0.440 e. The maximum atomic E-state index is 13.4. The Morgan fingerprint density at radius 2 is 2.00 bits per heavy atom. The van der Waals surface area contributed by atoms with Crippen molar-refractivity contribution in [2.24, 2.45) is 5.73 Å². The predicted molar refractivity (Wildman–Crippen MR) is 104 cm³/mol. The number of pyridine rings is 1. The first-order valence-corrected chi connectivity index (χ1v) is 8.95. The molecule has 0 aliphatic carbocycles. The van der Waals surface area contributed by atoms with Crippen LogP contribution in [0, 0.1) is 18.3 Å². The van der Waals surface area contributed by atoms with E-state index in [-0.39, 0.29) is 17.0 Å². The van der Waals surface area contributed by atoms with Gasteiger partial charge >= 0.3 is 0 Å². The summed E-state index contributed by atoms with van der Waals surface area (Å²) in [5, 5.41) is 9.65. The molecule has 1 atom stereocenters. The van der Waals surface area contributed by atoms with Crippen LogP contribution in [-0.4, -0.2) is 30.1 Å². The Labute approximate surface area is 159 Å². The van der Waals surface area contributed by atoms with E-state index in [2.05, 4.69) is 11.0 Å². The van der Waals surface area contributed by atoms with Gasteiger partial charge in [-0.3, -0.25) is 4.79 Å². The summed E-state index contributed by atoms with van der Waals surface area (Å²) in [5.41, 5.74) is 8.29. The molecule has 0 spiro atoms. The van der Waals surface area contributed by atoms with Gasteiger partial charge < -0.3 is 19.9 Å². The number of nitrogens with zero attached hydrogens (tertiary/aromatic N) is 3. The van der Waals surface area contributed by atoms with Crippen LogP contribution < -0.4 is 16.0 Å². The monoisotopic (exact) mass is 364 g/mol. The third-order valence-electron chi connectivity index (χ3n) is 4.81. The van der Waals surface area contributed by atoms with Gasteiger partial charge in [-0.1, -0.05) is 30.3 Å². The highest BCUT2D eigenvalue weighted by atomic mass is 16.5. The molecule has 0 saturated heterocycles. The minimum atomic E-state index is -0.520. The molecule has 3 rings (SSSR count). The molecule has 2 aromatic rings. The molecule has 2 heterocycles. The molecule has 6 heteroatoms. The van der Waals surface area contributed by atoms with Gasteiger partial charge in [-0.25, -0.2) is 0 Å². The van der Waals surface area contributed by atoms with Gasteiger partial charge in [0.15, 0.2) is 0 Å². The second-order valence-electron chi connectivity index (χ2n) is 7.01. The molecule has 1 aromatic heterocycles. The summed E-state index contributed by atoms with van der Waals surface area (Å²) in [4.78, 5) is 15.4. The normalized spacial score (nSPS) is 16.0. The predicted octanol–water partition coefficient (Wildman–Crippen LogP) is 2.33. The zero-order chi connectivity index (χ0) is 19.6. The number of aryl methyl sites for hydroxylation is 1. The first kappa shape index (κ1) is 18.7. The van der Waals surface area contributed by atoms with Crippen LogP contribution in [0.5, 0.6) is 5.75 Å². The van der Waals surface area contributed by atoms with E-state index in [1.807, 2.05) is 57.4 Å². The van der Waals surface area contributed by atoms with E-state index in [0.29, 0.717) is 17.9 Å². The molecular formula is C21H24N4O2. The zero-order valence-electron chi connectivity index (χ0n) is 15.9. The number of allylic oxidation sites excluding steroid dienone is 1.